The molecule has 9 heteroatoms. The van der Waals surface area contributed by atoms with Gasteiger partial charge in [-0.15, -0.1) is 0 Å². The summed E-state index contributed by atoms with van der Waals surface area (Å²) >= 11 is 0. The summed E-state index contributed by atoms with van der Waals surface area (Å²) in [6.07, 6.45) is 3.53. The molecule has 3 aliphatic heterocycles. The first-order valence-electron chi connectivity index (χ1n) is 17.6. The number of fused-ring (bicyclic) bond motifs is 4. The Morgan fingerprint density at radius 2 is 1.71 bits per heavy atom. The molecule has 8 aliphatic rings. The lowest BCUT2D eigenvalue weighted by Crippen LogP contribution is -2.58. The van der Waals surface area contributed by atoms with Crippen LogP contribution in [0.15, 0.2) is 11.6 Å². The quantitative estimate of drug-likeness (QED) is 0.343. The van der Waals surface area contributed by atoms with E-state index in [2.05, 4.69) is 54.5 Å². The molecule has 0 aromatic rings. The summed E-state index contributed by atoms with van der Waals surface area (Å²) in [5.74, 6) is -0.224. The first-order chi connectivity index (χ1) is 21.0. The average Bonchev–Trinajstić information content (AvgIpc) is 3.50. The second-order valence-corrected chi connectivity index (χ2v) is 18.0. The van der Waals surface area contributed by atoms with Gasteiger partial charge in [0.2, 0.25) is 0 Å². The molecule has 45 heavy (non-hydrogen) atoms. The van der Waals surface area contributed by atoms with Gasteiger partial charge in [0.25, 0.3) is 0 Å². The molecule has 8 rings (SSSR count). The number of aliphatic hydroxyl groups is 4. The first kappa shape index (κ1) is 31.6. The van der Waals surface area contributed by atoms with Crippen LogP contribution >= 0.6 is 0 Å². The molecule has 9 nitrogen and oxygen atoms in total. The Morgan fingerprint density at radius 3 is 2.42 bits per heavy atom. The monoisotopic (exact) mass is 632 g/mol. The minimum absolute atomic E-state index is 0.0468. The summed E-state index contributed by atoms with van der Waals surface area (Å²) in [6.45, 7) is 15.7. The third-order valence-electron chi connectivity index (χ3n) is 15.8. The fourth-order valence-corrected chi connectivity index (χ4v) is 13.2. The van der Waals surface area contributed by atoms with Crippen LogP contribution in [0.1, 0.15) is 93.4 Å². The SMILES string of the molecule is COC(C)(C)[C@H]1O[C@@]23O[C@@H]1C[C@@H](C)[C@@H]2[C@@]1(C)CC[C@@]24C[C@@]25CC[C@H](O[C@@H]2OC[C@@H](O)[C@H](O)[C@H]2O)C(C)(C)[C@@H]5CC=C4[C@]1(C)[C@H]3O. The fraction of sp³-hybridized carbons (Fsp3) is 0.944. The van der Waals surface area contributed by atoms with E-state index in [4.69, 9.17) is 23.7 Å². The Hall–Kier alpha value is -0.620. The summed E-state index contributed by atoms with van der Waals surface area (Å²) in [5.41, 5.74) is 0.254. The molecular formula is C36H56O9. The highest BCUT2D eigenvalue weighted by Crippen LogP contribution is 2.89. The van der Waals surface area contributed by atoms with E-state index in [0.29, 0.717) is 11.8 Å². The molecule has 4 N–H and O–H groups in total. The molecule has 0 radical (unpaired) electrons. The number of hydrogen-bond donors (Lipinski definition) is 4. The molecular weight excluding hydrogens is 576 g/mol. The van der Waals surface area contributed by atoms with Crippen LogP contribution in [0.4, 0.5) is 0 Å². The van der Waals surface area contributed by atoms with Gasteiger partial charge in [0.05, 0.1) is 24.4 Å². The number of rotatable bonds is 4. The van der Waals surface area contributed by atoms with E-state index in [1.165, 1.54) is 5.57 Å². The van der Waals surface area contributed by atoms with Gasteiger partial charge in [-0.3, -0.25) is 0 Å². The minimum atomic E-state index is -1.29. The zero-order valence-electron chi connectivity index (χ0n) is 28.4. The standard InChI is InChI=1S/C36H56O9/c1-18-15-20-27(31(4,5)41-8)45-36(44-20)26(18)32(6)13-14-35-17-34(35)12-11-23(43-28-25(39)24(38)19(37)16-42-28)30(2,3)21(34)9-10-22(35)33(32,7)29(36)40/h10,18-21,23-29,37-40H,9,11-17H2,1-8H3/t18-,19-,20-,21+,23+,24+,25-,26-,27+,28+,29-,32-,33-,34-,35+,36+/m1/s1. The van der Waals surface area contributed by atoms with Crippen LogP contribution in [0.25, 0.3) is 0 Å². The summed E-state index contributed by atoms with van der Waals surface area (Å²) < 4.78 is 32.0. The number of hydrogen-bond acceptors (Lipinski definition) is 9. The van der Waals surface area contributed by atoms with Gasteiger partial charge in [0.15, 0.2) is 12.1 Å². The molecule has 3 spiro atoms. The van der Waals surface area contributed by atoms with E-state index in [1.54, 1.807) is 7.11 Å². The number of aliphatic hydroxyl groups excluding tert-OH is 4. The number of ether oxygens (including phenoxy) is 5. The molecule has 0 unspecified atom stereocenters. The van der Waals surface area contributed by atoms with E-state index < -0.39 is 47.5 Å². The van der Waals surface area contributed by atoms with Gasteiger partial charge in [-0.05, 0) is 92.3 Å². The van der Waals surface area contributed by atoms with Gasteiger partial charge in [-0.1, -0.05) is 46.3 Å². The largest absolute Gasteiger partial charge is 0.388 e. The van der Waals surface area contributed by atoms with Crippen LogP contribution in [0, 0.1) is 44.8 Å². The van der Waals surface area contributed by atoms with Crippen molar-refractivity contribution in [3.63, 3.8) is 0 Å². The molecule has 3 saturated heterocycles. The maximum Gasteiger partial charge on any atom is 0.199 e. The van der Waals surface area contributed by atoms with Crippen molar-refractivity contribution >= 4 is 0 Å². The number of allylic oxidation sites excluding steroid dienone is 1. The van der Waals surface area contributed by atoms with Crippen molar-refractivity contribution in [2.45, 2.75) is 154 Å². The van der Waals surface area contributed by atoms with Gasteiger partial charge in [0.1, 0.15) is 30.5 Å². The molecule has 2 bridgehead atoms. The second-order valence-electron chi connectivity index (χ2n) is 18.0. The lowest BCUT2D eigenvalue weighted by molar-refractivity contribution is -0.300. The van der Waals surface area contributed by atoms with E-state index in [0.717, 1.165) is 44.9 Å². The smallest absolute Gasteiger partial charge is 0.199 e. The van der Waals surface area contributed by atoms with Crippen molar-refractivity contribution in [3.8, 4) is 0 Å². The van der Waals surface area contributed by atoms with Crippen molar-refractivity contribution in [1.82, 2.24) is 0 Å². The number of methoxy groups -OCH3 is 1. The van der Waals surface area contributed by atoms with E-state index in [1.807, 2.05) is 0 Å². The van der Waals surface area contributed by atoms with Gasteiger partial charge in [0, 0.05) is 18.4 Å². The second kappa shape index (κ2) is 9.33. The van der Waals surface area contributed by atoms with Gasteiger partial charge >= 0.3 is 0 Å². The lowest BCUT2D eigenvalue weighted by atomic mass is 9.44. The zero-order valence-corrected chi connectivity index (χ0v) is 28.4. The van der Waals surface area contributed by atoms with Crippen LogP contribution in [-0.2, 0) is 23.7 Å². The molecule has 0 aromatic carbocycles. The molecule has 0 amide bonds. The highest BCUT2D eigenvalue weighted by Gasteiger charge is 2.86. The molecule has 0 aromatic heterocycles. The topological polar surface area (TPSA) is 127 Å². The third-order valence-corrected chi connectivity index (χ3v) is 15.8. The Kier molecular flexibility index (Phi) is 6.56. The molecule has 3 heterocycles. The van der Waals surface area contributed by atoms with Crippen LogP contribution in [0.2, 0.25) is 0 Å². The predicted molar refractivity (Wildman–Crippen MR) is 164 cm³/mol. The average molecular weight is 633 g/mol. The van der Waals surface area contributed by atoms with E-state index >= 15 is 0 Å². The Labute approximate surface area is 268 Å². The van der Waals surface area contributed by atoms with Crippen LogP contribution in [0.3, 0.4) is 0 Å². The zero-order chi connectivity index (χ0) is 32.3. The Balaban J connectivity index is 1.13. The highest BCUT2D eigenvalue weighted by atomic mass is 16.8. The normalized spacial score (nSPS) is 59.3. The summed E-state index contributed by atoms with van der Waals surface area (Å²) in [6, 6.07) is 0. The van der Waals surface area contributed by atoms with Crippen LogP contribution < -0.4 is 0 Å². The summed E-state index contributed by atoms with van der Waals surface area (Å²) in [7, 11) is 1.73. The van der Waals surface area contributed by atoms with Crippen molar-refractivity contribution in [2.24, 2.45) is 44.8 Å². The predicted octanol–water partition coefficient (Wildman–Crippen LogP) is 3.70. The van der Waals surface area contributed by atoms with Crippen LogP contribution in [0.5, 0.6) is 0 Å². The van der Waals surface area contributed by atoms with Gasteiger partial charge < -0.3 is 44.1 Å². The van der Waals surface area contributed by atoms with E-state index in [-0.39, 0.29) is 52.5 Å². The van der Waals surface area contributed by atoms with Gasteiger partial charge in [-0.25, -0.2) is 0 Å². The van der Waals surface area contributed by atoms with Crippen molar-refractivity contribution in [3.05, 3.63) is 11.6 Å². The Morgan fingerprint density at radius 1 is 0.978 bits per heavy atom. The maximum absolute atomic E-state index is 12.7. The molecule has 254 valence electrons. The fourth-order valence-electron chi connectivity index (χ4n) is 13.2. The molecule has 7 fully saturated rings. The van der Waals surface area contributed by atoms with Crippen molar-refractivity contribution in [1.29, 1.82) is 0 Å². The maximum atomic E-state index is 12.7. The van der Waals surface area contributed by atoms with Crippen molar-refractivity contribution < 1.29 is 44.1 Å². The Bertz CT molecular complexity index is 1280. The third kappa shape index (κ3) is 3.51. The lowest BCUT2D eigenvalue weighted by Gasteiger charge is -2.60. The molecule has 4 saturated carbocycles. The summed E-state index contributed by atoms with van der Waals surface area (Å²) in [5, 5.41) is 43.6. The first-order valence-corrected chi connectivity index (χ1v) is 17.6. The molecule has 5 aliphatic carbocycles. The minimum Gasteiger partial charge on any atom is -0.388 e. The summed E-state index contributed by atoms with van der Waals surface area (Å²) in [4.78, 5) is 0. The van der Waals surface area contributed by atoms with Crippen molar-refractivity contribution in [2.75, 3.05) is 13.7 Å². The molecule has 16 atom stereocenters. The van der Waals surface area contributed by atoms with Crippen LogP contribution in [-0.4, -0.2) is 94.5 Å². The van der Waals surface area contributed by atoms with E-state index in [9.17, 15) is 20.4 Å². The highest BCUT2D eigenvalue weighted by molar-refractivity contribution is 5.48. The van der Waals surface area contributed by atoms with Gasteiger partial charge in [-0.2, -0.15) is 0 Å².